The Hall–Kier alpha value is -0.250. The van der Waals surface area contributed by atoms with Crippen LogP contribution in [0.3, 0.4) is 0 Å². The molecule has 1 aromatic carbocycles. The highest BCUT2D eigenvalue weighted by atomic mass is 79.9. The van der Waals surface area contributed by atoms with Crippen molar-refractivity contribution in [3.63, 3.8) is 0 Å². The summed E-state index contributed by atoms with van der Waals surface area (Å²) in [5.41, 5.74) is 1.26. The van der Waals surface area contributed by atoms with E-state index in [4.69, 9.17) is 0 Å². The van der Waals surface area contributed by atoms with Gasteiger partial charge in [0.1, 0.15) is 5.75 Å². The number of aromatic hydroxyl groups is 1. The first-order valence-electron chi connectivity index (χ1n) is 4.99. The van der Waals surface area contributed by atoms with Crippen LogP contribution in [0.25, 0.3) is 0 Å². The Morgan fingerprint density at radius 2 is 2.13 bits per heavy atom. The van der Waals surface area contributed by atoms with Crippen LogP contribution in [0, 0.1) is 0 Å². The first-order chi connectivity index (χ1) is 6.77. The molecule has 1 atom stereocenters. The lowest BCUT2D eigenvalue weighted by atomic mass is 9.98. The first kappa shape index (κ1) is 12.8. The van der Waals surface area contributed by atoms with Crippen LogP contribution in [-0.2, 0) is 0 Å². The molecule has 0 saturated carbocycles. The van der Waals surface area contributed by atoms with E-state index in [0.29, 0.717) is 11.8 Å². The fourth-order valence-corrected chi connectivity index (χ4v) is 2.27. The molecule has 1 heterocycles. The second-order valence-corrected chi connectivity index (χ2v) is 4.57. The topological polar surface area (TPSA) is 32.3 Å². The summed E-state index contributed by atoms with van der Waals surface area (Å²) in [5.74, 6) is 0.310. The molecule has 1 aliphatic heterocycles. The number of hydrogen-bond donors (Lipinski definition) is 2. The summed E-state index contributed by atoms with van der Waals surface area (Å²) in [7, 11) is 0. The van der Waals surface area contributed by atoms with Crippen LogP contribution in [0.15, 0.2) is 22.7 Å². The third-order valence-corrected chi connectivity index (χ3v) is 3.32. The summed E-state index contributed by atoms with van der Waals surface area (Å²) in [4.78, 5) is 0. The van der Waals surface area contributed by atoms with E-state index in [-0.39, 0.29) is 12.4 Å². The summed E-state index contributed by atoms with van der Waals surface area (Å²) < 4.78 is 0.780. The fourth-order valence-electron chi connectivity index (χ4n) is 1.88. The molecule has 2 N–H and O–H groups in total. The van der Waals surface area contributed by atoms with E-state index in [1.165, 1.54) is 24.8 Å². The molecule has 0 spiro atoms. The Bertz CT molecular complexity index is 326. The van der Waals surface area contributed by atoms with Crippen molar-refractivity contribution < 1.29 is 5.11 Å². The van der Waals surface area contributed by atoms with E-state index in [1.807, 2.05) is 12.1 Å². The van der Waals surface area contributed by atoms with Gasteiger partial charge < -0.3 is 10.4 Å². The highest BCUT2D eigenvalue weighted by Gasteiger charge is 2.15. The number of halogens is 2. The number of piperidine rings is 1. The summed E-state index contributed by atoms with van der Waals surface area (Å²) >= 11 is 3.33. The maximum absolute atomic E-state index is 9.37. The number of phenolic OH excluding ortho intramolecular Hbond substituents is 1. The molecule has 0 unspecified atom stereocenters. The molecular weight excluding hydrogens is 277 g/mol. The van der Waals surface area contributed by atoms with Crippen LogP contribution in [-0.4, -0.2) is 11.7 Å². The summed E-state index contributed by atoms with van der Waals surface area (Å²) in [6.07, 6.45) is 3.75. The van der Waals surface area contributed by atoms with Crippen molar-refractivity contribution in [3.05, 3.63) is 28.2 Å². The molecule has 84 valence electrons. The van der Waals surface area contributed by atoms with Crippen molar-refractivity contribution in [1.29, 1.82) is 0 Å². The lowest BCUT2D eigenvalue weighted by Gasteiger charge is -2.24. The van der Waals surface area contributed by atoms with Gasteiger partial charge in [-0.15, -0.1) is 12.4 Å². The van der Waals surface area contributed by atoms with Gasteiger partial charge in [-0.1, -0.05) is 12.5 Å². The van der Waals surface area contributed by atoms with Gasteiger partial charge in [0.05, 0.1) is 4.47 Å². The van der Waals surface area contributed by atoms with Gasteiger partial charge in [-0.2, -0.15) is 0 Å². The number of rotatable bonds is 1. The average molecular weight is 293 g/mol. The quantitative estimate of drug-likeness (QED) is 0.831. The number of benzene rings is 1. The van der Waals surface area contributed by atoms with E-state index in [9.17, 15) is 5.11 Å². The summed E-state index contributed by atoms with van der Waals surface area (Å²) in [6, 6.07) is 6.19. The summed E-state index contributed by atoms with van der Waals surface area (Å²) in [5, 5.41) is 12.9. The van der Waals surface area contributed by atoms with Crippen molar-refractivity contribution in [2.75, 3.05) is 6.54 Å². The number of phenols is 1. The van der Waals surface area contributed by atoms with Gasteiger partial charge in [0.25, 0.3) is 0 Å². The second-order valence-electron chi connectivity index (χ2n) is 3.71. The lowest BCUT2D eigenvalue weighted by molar-refractivity contribution is 0.411. The number of hydrogen-bond acceptors (Lipinski definition) is 2. The zero-order valence-electron chi connectivity index (χ0n) is 8.37. The normalized spacial score (nSPS) is 20.7. The Labute approximate surface area is 105 Å². The lowest BCUT2D eigenvalue weighted by Crippen LogP contribution is -2.26. The largest absolute Gasteiger partial charge is 0.507 e. The van der Waals surface area contributed by atoms with Crippen LogP contribution in [0.1, 0.15) is 30.9 Å². The van der Waals surface area contributed by atoms with E-state index in [1.54, 1.807) is 6.07 Å². The molecule has 0 bridgehead atoms. The first-order valence-corrected chi connectivity index (χ1v) is 5.78. The van der Waals surface area contributed by atoms with Crippen LogP contribution >= 0.6 is 28.3 Å². The SMILES string of the molecule is Cl.Oc1ccc([C@H]2CCCCN2)cc1Br. The average Bonchev–Trinajstić information content (AvgIpc) is 2.23. The van der Waals surface area contributed by atoms with Gasteiger partial charge in [-0.25, -0.2) is 0 Å². The van der Waals surface area contributed by atoms with Crippen LogP contribution < -0.4 is 5.32 Å². The monoisotopic (exact) mass is 291 g/mol. The fraction of sp³-hybridized carbons (Fsp3) is 0.455. The molecule has 0 amide bonds. The van der Waals surface area contributed by atoms with Gasteiger partial charge in [-0.05, 0) is 53.0 Å². The number of nitrogens with one attached hydrogen (secondary N) is 1. The van der Waals surface area contributed by atoms with Crippen molar-refractivity contribution in [3.8, 4) is 5.75 Å². The minimum atomic E-state index is 0. The molecule has 1 aromatic rings. The predicted molar refractivity (Wildman–Crippen MR) is 67.6 cm³/mol. The van der Waals surface area contributed by atoms with Crippen molar-refractivity contribution in [2.24, 2.45) is 0 Å². The van der Waals surface area contributed by atoms with E-state index >= 15 is 0 Å². The molecular formula is C11H15BrClNO. The van der Waals surface area contributed by atoms with Gasteiger partial charge in [0.15, 0.2) is 0 Å². The predicted octanol–water partition coefficient (Wildman–Crippen LogP) is 3.39. The van der Waals surface area contributed by atoms with Crippen molar-refractivity contribution in [1.82, 2.24) is 5.32 Å². The molecule has 0 aliphatic carbocycles. The molecule has 1 fully saturated rings. The van der Waals surface area contributed by atoms with Crippen molar-refractivity contribution >= 4 is 28.3 Å². The smallest absolute Gasteiger partial charge is 0.129 e. The van der Waals surface area contributed by atoms with Gasteiger partial charge >= 0.3 is 0 Å². The van der Waals surface area contributed by atoms with Gasteiger partial charge in [0.2, 0.25) is 0 Å². The minimum Gasteiger partial charge on any atom is -0.507 e. The Kier molecular flexibility index (Phi) is 4.90. The maximum Gasteiger partial charge on any atom is 0.129 e. The Morgan fingerprint density at radius 3 is 2.73 bits per heavy atom. The molecule has 4 heteroatoms. The van der Waals surface area contributed by atoms with Crippen LogP contribution in [0.2, 0.25) is 0 Å². The van der Waals surface area contributed by atoms with Crippen molar-refractivity contribution in [2.45, 2.75) is 25.3 Å². The summed E-state index contributed by atoms with van der Waals surface area (Å²) in [6.45, 7) is 1.10. The van der Waals surface area contributed by atoms with E-state index < -0.39 is 0 Å². The Morgan fingerprint density at radius 1 is 1.33 bits per heavy atom. The zero-order chi connectivity index (χ0) is 9.97. The minimum absolute atomic E-state index is 0. The van der Waals surface area contributed by atoms with Crippen LogP contribution in [0.5, 0.6) is 5.75 Å². The Balaban J connectivity index is 0.00000112. The third kappa shape index (κ3) is 3.10. The van der Waals surface area contributed by atoms with E-state index in [2.05, 4.69) is 21.2 Å². The molecule has 0 radical (unpaired) electrons. The van der Waals surface area contributed by atoms with Gasteiger partial charge in [0, 0.05) is 6.04 Å². The maximum atomic E-state index is 9.37. The molecule has 15 heavy (non-hydrogen) atoms. The van der Waals surface area contributed by atoms with E-state index in [0.717, 1.165) is 11.0 Å². The molecule has 2 rings (SSSR count). The highest BCUT2D eigenvalue weighted by molar-refractivity contribution is 9.10. The van der Waals surface area contributed by atoms with Crippen LogP contribution in [0.4, 0.5) is 0 Å². The molecule has 1 saturated heterocycles. The highest BCUT2D eigenvalue weighted by Crippen LogP contribution is 2.29. The molecule has 0 aromatic heterocycles. The molecule has 1 aliphatic rings. The third-order valence-electron chi connectivity index (χ3n) is 2.68. The standard InChI is InChI=1S/C11H14BrNO.ClH/c12-9-7-8(4-5-11(9)14)10-3-1-2-6-13-10;/h4-5,7,10,13-14H,1-3,6H2;1H/t10-;/m1./s1. The zero-order valence-corrected chi connectivity index (χ0v) is 10.8. The second kappa shape index (κ2) is 5.73. The van der Waals surface area contributed by atoms with Gasteiger partial charge in [-0.3, -0.25) is 0 Å². The molecule has 2 nitrogen and oxygen atoms in total.